The lowest BCUT2D eigenvalue weighted by atomic mass is 9.95. The number of phenols is 2. The lowest BCUT2D eigenvalue weighted by Crippen LogP contribution is -2.22. The van der Waals surface area contributed by atoms with Crippen LogP contribution >= 0.6 is 0 Å². The second-order valence-corrected chi connectivity index (χ2v) is 7.86. The standard InChI is InChI=1S/C26H38N2O2/c1-7-27(8-2)17-23-13-11-21(15-25(23)29)19(5)20(6)22-12-14-24(26(30)16-22)18-28(9-3)10-4/h11-16,29-30H,7-10,17-18H2,1-6H3. The van der Waals surface area contributed by atoms with E-state index in [0.717, 1.165) is 72.7 Å². The van der Waals surface area contributed by atoms with Crippen molar-refractivity contribution < 1.29 is 10.2 Å². The molecule has 30 heavy (non-hydrogen) atoms. The molecular formula is C26H38N2O2. The van der Waals surface area contributed by atoms with Gasteiger partial charge in [0.05, 0.1) is 0 Å². The van der Waals surface area contributed by atoms with Crippen molar-refractivity contribution in [2.75, 3.05) is 26.2 Å². The van der Waals surface area contributed by atoms with E-state index in [9.17, 15) is 10.2 Å². The zero-order valence-corrected chi connectivity index (χ0v) is 19.5. The summed E-state index contributed by atoms with van der Waals surface area (Å²) >= 11 is 0. The predicted octanol–water partition coefficient (Wildman–Crippen LogP) is 5.73. The summed E-state index contributed by atoms with van der Waals surface area (Å²) < 4.78 is 0. The predicted molar refractivity (Wildman–Crippen MR) is 128 cm³/mol. The number of aromatic hydroxyl groups is 2. The van der Waals surface area contributed by atoms with Crippen molar-refractivity contribution >= 4 is 11.1 Å². The summed E-state index contributed by atoms with van der Waals surface area (Å²) in [6.45, 7) is 18.0. The molecule has 4 nitrogen and oxygen atoms in total. The first kappa shape index (κ1) is 24.0. The first-order valence-electron chi connectivity index (χ1n) is 11.1. The van der Waals surface area contributed by atoms with Gasteiger partial charge in [-0.2, -0.15) is 0 Å². The van der Waals surface area contributed by atoms with Crippen LogP contribution in [0.1, 0.15) is 63.8 Å². The fraction of sp³-hybridized carbons (Fsp3) is 0.462. The molecule has 2 aromatic carbocycles. The average Bonchev–Trinajstić information content (AvgIpc) is 2.76. The van der Waals surface area contributed by atoms with Crippen LogP contribution in [0, 0.1) is 0 Å². The van der Waals surface area contributed by atoms with Gasteiger partial charge in [0.2, 0.25) is 0 Å². The Morgan fingerprint density at radius 1 is 0.633 bits per heavy atom. The molecule has 0 heterocycles. The van der Waals surface area contributed by atoms with E-state index in [1.54, 1.807) is 0 Å². The van der Waals surface area contributed by atoms with Gasteiger partial charge in [-0.1, -0.05) is 52.0 Å². The van der Waals surface area contributed by atoms with Crippen molar-refractivity contribution in [1.82, 2.24) is 9.80 Å². The summed E-state index contributed by atoms with van der Waals surface area (Å²) in [7, 11) is 0. The van der Waals surface area contributed by atoms with Gasteiger partial charge in [-0.3, -0.25) is 9.80 Å². The minimum atomic E-state index is 0.337. The molecule has 0 radical (unpaired) electrons. The highest BCUT2D eigenvalue weighted by atomic mass is 16.3. The number of benzene rings is 2. The molecule has 2 rings (SSSR count). The van der Waals surface area contributed by atoms with Gasteiger partial charge in [-0.15, -0.1) is 0 Å². The van der Waals surface area contributed by atoms with Crippen LogP contribution in [0.5, 0.6) is 11.5 Å². The molecule has 0 saturated heterocycles. The van der Waals surface area contributed by atoms with E-state index in [1.807, 2.05) is 24.3 Å². The van der Waals surface area contributed by atoms with Gasteiger partial charge in [-0.25, -0.2) is 0 Å². The van der Waals surface area contributed by atoms with Crippen LogP contribution in [-0.4, -0.2) is 46.2 Å². The van der Waals surface area contributed by atoms with Gasteiger partial charge in [0.15, 0.2) is 0 Å². The van der Waals surface area contributed by atoms with Gasteiger partial charge in [0.1, 0.15) is 11.5 Å². The molecule has 4 heteroatoms. The number of hydrogen-bond donors (Lipinski definition) is 2. The number of rotatable bonds is 10. The molecule has 0 atom stereocenters. The molecule has 0 aromatic heterocycles. The van der Waals surface area contributed by atoms with E-state index < -0.39 is 0 Å². The van der Waals surface area contributed by atoms with Gasteiger partial charge in [0.25, 0.3) is 0 Å². The molecule has 0 spiro atoms. The molecule has 0 amide bonds. The number of allylic oxidation sites excluding steroid dienone is 2. The van der Waals surface area contributed by atoms with Crippen LogP contribution in [-0.2, 0) is 13.1 Å². The lowest BCUT2D eigenvalue weighted by molar-refractivity contribution is 0.291. The second kappa shape index (κ2) is 11.2. The molecule has 0 fully saturated rings. The summed E-state index contributed by atoms with van der Waals surface area (Å²) in [5, 5.41) is 21.1. The van der Waals surface area contributed by atoms with Crippen molar-refractivity contribution in [3.63, 3.8) is 0 Å². The quantitative estimate of drug-likeness (QED) is 0.491. The number of phenolic OH excluding ortho intramolecular Hbond substituents is 2. The fourth-order valence-corrected chi connectivity index (χ4v) is 3.67. The van der Waals surface area contributed by atoms with E-state index in [2.05, 4.69) is 63.5 Å². The number of hydrogen-bond acceptors (Lipinski definition) is 4. The van der Waals surface area contributed by atoms with E-state index >= 15 is 0 Å². The zero-order valence-electron chi connectivity index (χ0n) is 19.5. The summed E-state index contributed by atoms with van der Waals surface area (Å²) in [6.07, 6.45) is 0. The maximum atomic E-state index is 10.5. The molecule has 0 aliphatic rings. The van der Waals surface area contributed by atoms with Crippen LogP contribution in [0.2, 0.25) is 0 Å². The molecule has 0 aliphatic carbocycles. The molecule has 164 valence electrons. The van der Waals surface area contributed by atoms with E-state index in [0.29, 0.717) is 11.5 Å². The van der Waals surface area contributed by atoms with Crippen molar-refractivity contribution in [3.05, 3.63) is 58.7 Å². The Kier molecular flexibility index (Phi) is 8.94. The lowest BCUT2D eigenvalue weighted by Gasteiger charge is -2.20. The summed E-state index contributed by atoms with van der Waals surface area (Å²) in [5.74, 6) is 0.674. The second-order valence-electron chi connectivity index (χ2n) is 7.86. The van der Waals surface area contributed by atoms with Gasteiger partial charge in [0, 0.05) is 24.2 Å². The first-order chi connectivity index (χ1) is 14.3. The smallest absolute Gasteiger partial charge is 0.120 e. The maximum absolute atomic E-state index is 10.5. The van der Waals surface area contributed by atoms with Crippen LogP contribution in [0.4, 0.5) is 0 Å². The van der Waals surface area contributed by atoms with E-state index in [-0.39, 0.29) is 0 Å². The maximum Gasteiger partial charge on any atom is 0.120 e. The Hall–Kier alpha value is -2.30. The van der Waals surface area contributed by atoms with E-state index in [4.69, 9.17) is 0 Å². The average molecular weight is 411 g/mol. The molecule has 0 bridgehead atoms. The first-order valence-corrected chi connectivity index (χ1v) is 11.1. The van der Waals surface area contributed by atoms with Crippen molar-refractivity contribution in [2.45, 2.75) is 54.6 Å². The van der Waals surface area contributed by atoms with Gasteiger partial charge < -0.3 is 10.2 Å². The topological polar surface area (TPSA) is 46.9 Å². The zero-order chi connectivity index (χ0) is 22.3. The Morgan fingerprint density at radius 2 is 0.967 bits per heavy atom. The summed E-state index contributed by atoms with van der Waals surface area (Å²) in [4.78, 5) is 4.57. The molecular weight excluding hydrogens is 372 g/mol. The normalized spacial score (nSPS) is 12.5. The van der Waals surface area contributed by atoms with Crippen molar-refractivity contribution in [3.8, 4) is 11.5 Å². The molecule has 0 aliphatic heterocycles. The highest BCUT2D eigenvalue weighted by molar-refractivity contribution is 5.89. The van der Waals surface area contributed by atoms with Crippen molar-refractivity contribution in [1.29, 1.82) is 0 Å². The molecule has 0 unspecified atom stereocenters. The summed E-state index contributed by atoms with van der Waals surface area (Å²) in [5.41, 5.74) is 6.09. The van der Waals surface area contributed by atoms with Crippen molar-refractivity contribution in [2.24, 2.45) is 0 Å². The molecule has 0 saturated carbocycles. The van der Waals surface area contributed by atoms with Gasteiger partial charge in [-0.05, 0) is 74.4 Å². The van der Waals surface area contributed by atoms with Crippen LogP contribution in [0.15, 0.2) is 36.4 Å². The third-order valence-corrected chi connectivity index (χ3v) is 6.18. The highest BCUT2D eigenvalue weighted by Gasteiger charge is 2.12. The fourth-order valence-electron chi connectivity index (χ4n) is 3.67. The van der Waals surface area contributed by atoms with Crippen LogP contribution in [0.3, 0.4) is 0 Å². The minimum Gasteiger partial charge on any atom is -0.508 e. The largest absolute Gasteiger partial charge is 0.508 e. The third-order valence-electron chi connectivity index (χ3n) is 6.18. The third kappa shape index (κ3) is 5.87. The molecule has 2 aromatic rings. The SMILES string of the molecule is CCN(CC)Cc1ccc(C(C)=C(C)c2ccc(CN(CC)CC)c(O)c2)cc1O. The Bertz CT molecular complexity index is 794. The Morgan fingerprint density at radius 3 is 1.23 bits per heavy atom. The number of nitrogens with zero attached hydrogens (tertiary/aromatic N) is 2. The van der Waals surface area contributed by atoms with Crippen LogP contribution in [0.25, 0.3) is 11.1 Å². The Balaban J connectivity index is 2.27. The monoisotopic (exact) mass is 410 g/mol. The highest BCUT2D eigenvalue weighted by Crippen LogP contribution is 2.32. The van der Waals surface area contributed by atoms with E-state index in [1.165, 1.54) is 0 Å². The van der Waals surface area contributed by atoms with Crippen LogP contribution < -0.4 is 0 Å². The van der Waals surface area contributed by atoms with Gasteiger partial charge >= 0.3 is 0 Å². The minimum absolute atomic E-state index is 0.337. The summed E-state index contributed by atoms with van der Waals surface area (Å²) in [6, 6.07) is 11.9. The molecule has 2 N–H and O–H groups in total. The Labute approximate surface area is 182 Å².